The van der Waals surface area contributed by atoms with Crippen molar-refractivity contribution in [1.82, 2.24) is 19.3 Å². The van der Waals surface area contributed by atoms with Gasteiger partial charge in [-0.3, -0.25) is 10.1 Å². The van der Waals surface area contributed by atoms with E-state index < -0.39 is 15.9 Å². The number of nitrogens with zero attached hydrogens (tertiary/aromatic N) is 4. The van der Waals surface area contributed by atoms with Crippen LogP contribution in [-0.4, -0.2) is 60.9 Å². The van der Waals surface area contributed by atoms with E-state index in [1.54, 1.807) is 24.3 Å². The lowest BCUT2D eigenvalue weighted by molar-refractivity contribution is 0.101. The van der Waals surface area contributed by atoms with Gasteiger partial charge in [0.15, 0.2) is 16.6 Å². The highest BCUT2D eigenvalue weighted by molar-refractivity contribution is 7.89. The highest BCUT2D eigenvalue weighted by Crippen LogP contribution is 2.30. The normalized spacial score (nSPS) is 15.4. The number of sulfonamides is 1. The molecule has 154 valence electrons. The molecule has 3 heterocycles. The lowest BCUT2D eigenvalue weighted by Gasteiger charge is -2.15. The van der Waals surface area contributed by atoms with Crippen molar-refractivity contribution in [3.8, 4) is 0 Å². The van der Waals surface area contributed by atoms with Crippen LogP contribution in [0.3, 0.4) is 0 Å². The molecular formula is C18H21N5O4S2. The number of fused-ring (bicyclic) bond motifs is 1. The lowest BCUT2D eigenvalue weighted by Crippen LogP contribution is -2.27. The largest absolute Gasteiger partial charge is 0.359 e. The molecule has 1 saturated heterocycles. The molecule has 1 amide bonds. The average molecular weight is 436 g/mol. The summed E-state index contributed by atoms with van der Waals surface area (Å²) in [6.45, 7) is 1.64. The molecule has 1 aliphatic heterocycles. The number of thiazole rings is 1. The Morgan fingerprint density at radius 3 is 2.76 bits per heavy atom. The fourth-order valence-electron chi connectivity index (χ4n) is 3.16. The summed E-state index contributed by atoms with van der Waals surface area (Å²) >= 11 is 1.22. The first-order valence-electron chi connectivity index (χ1n) is 9.15. The summed E-state index contributed by atoms with van der Waals surface area (Å²) < 4.78 is 32.8. The summed E-state index contributed by atoms with van der Waals surface area (Å²) in [6.07, 6.45) is 1.77. The average Bonchev–Trinajstić information content (AvgIpc) is 3.40. The molecule has 0 aliphatic carbocycles. The monoisotopic (exact) mass is 435 g/mol. The van der Waals surface area contributed by atoms with Crippen molar-refractivity contribution in [2.45, 2.75) is 24.3 Å². The zero-order chi connectivity index (χ0) is 20.6. The summed E-state index contributed by atoms with van der Waals surface area (Å²) in [5.74, 6) is 0.156. The molecule has 1 N–H and O–H groups in total. The van der Waals surface area contributed by atoms with Gasteiger partial charge in [-0.05, 0) is 45.1 Å². The minimum atomic E-state index is -3.50. The minimum Gasteiger partial charge on any atom is -0.359 e. The first-order valence-corrected chi connectivity index (χ1v) is 11.4. The molecule has 2 aromatic heterocycles. The van der Waals surface area contributed by atoms with Crippen LogP contribution >= 0.6 is 11.3 Å². The molecule has 0 atom stereocenters. The number of anilines is 1. The van der Waals surface area contributed by atoms with Crippen molar-refractivity contribution in [1.29, 1.82) is 0 Å². The first kappa shape index (κ1) is 20.0. The quantitative estimate of drug-likeness (QED) is 0.633. The number of rotatable bonds is 6. The number of hydrogen-bond donors (Lipinski definition) is 1. The van der Waals surface area contributed by atoms with Crippen molar-refractivity contribution < 1.29 is 17.7 Å². The van der Waals surface area contributed by atoms with Crippen LogP contribution in [0.5, 0.6) is 0 Å². The predicted octanol–water partition coefficient (Wildman–Crippen LogP) is 2.38. The number of carbonyl (C=O) groups is 1. The molecule has 0 bridgehead atoms. The SMILES string of the molecule is CN(C)Cc1cc(C(=O)Nc2nc3ccc(S(=O)(=O)N4CCCC4)cc3s2)no1. The van der Waals surface area contributed by atoms with Gasteiger partial charge in [-0.15, -0.1) is 0 Å². The van der Waals surface area contributed by atoms with Crippen LogP contribution in [0, 0.1) is 0 Å². The maximum atomic E-state index is 12.7. The Kier molecular flexibility index (Phi) is 5.38. The van der Waals surface area contributed by atoms with E-state index in [2.05, 4.69) is 15.5 Å². The molecule has 0 saturated carbocycles. The Morgan fingerprint density at radius 1 is 1.28 bits per heavy atom. The number of amides is 1. The van der Waals surface area contributed by atoms with E-state index in [9.17, 15) is 13.2 Å². The number of hydrogen-bond acceptors (Lipinski definition) is 8. The second kappa shape index (κ2) is 7.82. The number of benzene rings is 1. The Balaban J connectivity index is 1.53. The summed E-state index contributed by atoms with van der Waals surface area (Å²) in [6, 6.07) is 6.42. The van der Waals surface area contributed by atoms with E-state index in [0.29, 0.717) is 40.7 Å². The summed E-state index contributed by atoms with van der Waals surface area (Å²) in [5, 5.41) is 6.86. The van der Waals surface area contributed by atoms with Crippen LogP contribution in [-0.2, 0) is 16.6 Å². The summed E-state index contributed by atoms with van der Waals surface area (Å²) in [4.78, 5) is 18.9. The molecule has 9 nitrogen and oxygen atoms in total. The van der Waals surface area contributed by atoms with Crippen molar-refractivity contribution >= 4 is 42.6 Å². The third-order valence-electron chi connectivity index (χ3n) is 4.55. The fraction of sp³-hybridized carbons (Fsp3) is 0.389. The maximum Gasteiger partial charge on any atom is 0.279 e. The van der Waals surface area contributed by atoms with E-state index >= 15 is 0 Å². The molecule has 1 aliphatic rings. The zero-order valence-corrected chi connectivity index (χ0v) is 17.7. The van der Waals surface area contributed by atoms with Gasteiger partial charge in [-0.1, -0.05) is 16.5 Å². The molecule has 4 rings (SSSR count). The molecule has 1 aromatic carbocycles. The van der Waals surface area contributed by atoms with E-state index in [1.807, 2.05) is 19.0 Å². The van der Waals surface area contributed by atoms with Crippen molar-refractivity contribution in [2.75, 3.05) is 32.5 Å². The molecule has 0 radical (unpaired) electrons. The Morgan fingerprint density at radius 2 is 2.03 bits per heavy atom. The van der Waals surface area contributed by atoms with Crippen LogP contribution in [0.25, 0.3) is 10.2 Å². The molecule has 11 heteroatoms. The number of carbonyl (C=O) groups excluding carboxylic acids is 1. The second-order valence-electron chi connectivity index (χ2n) is 7.13. The minimum absolute atomic E-state index is 0.165. The number of aromatic nitrogens is 2. The van der Waals surface area contributed by atoms with Gasteiger partial charge in [-0.25, -0.2) is 13.4 Å². The van der Waals surface area contributed by atoms with Crippen molar-refractivity contribution in [3.05, 3.63) is 35.7 Å². The van der Waals surface area contributed by atoms with Gasteiger partial charge in [0.1, 0.15) is 0 Å². The van der Waals surface area contributed by atoms with Crippen LogP contribution in [0.1, 0.15) is 29.1 Å². The molecule has 29 heavy (non-hydrogen) atoms. The van der Waals surface area contributed by atoms with Gasteiger partial charge in [-0.2, -0.15) is 4.31 Å². The second-order valence-corrected chi connectivity index (χ2v) is 10.1. The van der Waals surface area contributed by atoms with Crippen LogP contribution in [0.4, 0.5) is 5.13 Å². The van der Waals surface area contributed by atoms with Crippen molar-refractivity contribution in [3.63, 3.8) is 0 Å². The third kappa shape index (κ3) is 4.17. The van der Waals surface area contributed by atoms with Gasteiger partial charge >= 0.3 is 0 Å². The smallest absolute Gasteiger partial charge is 0.279 e. The standard InChI is InChI=1S/C18H21N5O4S2/c1-22(2)11-12-9-15(21-27-12)17(24)20-18-19-14-6-5-13(10-16(14)28-18)29(25,26)23-7-3-4-8-23/h5-6,9-10H,3-4,7-8,11H2,1-2H3,(H,19,20,24). The fourth-order valence-corrected chi connectivity index (χ4v) is 5.68. The molecule has 0 unspecified atom stereocenters. The predicted molar refractivity (Wildman–Crippen MR) is 109 cm³/mol. The van der Waals surface area contributed by atoms with Gasteiger partial charge in [0.05, 0.1) is 21.7 Å². The molecule has 3 aromatic rings. The Bertz CT molecular complexity index is 1150. The van der Waals surface area contributed by atoms with Crippen LogP contribution in [0.2, 0.25) is 0 Å². The van der Waals surface area contributed by atoms with E-state index in [-0.39, 0.29) is 10.6 Å². The topological polar surface area (TPSA) is 109 Å². The molecule has 1 fully saturated rings. The van der Waals surface area contributed by atoms with Crippen LogP contribution in [0.15, 0.2) is 33.7 Å². The van der Waals surface area contributed by atoms with Crippen molar-refractivity contribution in [2.24, 2.45) is 0 Å². The van der Waals surface area contributed by atoms with E-state index in [1.165, 1.54) is 15.6 Å². The third-order valence-corrected chi connectivity index (χ3v) is 7.38. The zero-order valence-electron chi connectivity index (χ0n) is 16.1. The number of nitrogens with one attached hydrogen (secondary N) is 1. The van der Waals surface area contributed by atoms with Crippen LogP contribution < -0.4 is 5.32 Å². The summed E-state index contributed by atoms with van der Waals surface area (Å²) in [7, 11) is 0.285. The Labute approximate surface area is 172 Å². The molecular weight excluding hydrogens is 414 g/mol. The molecule has 0 spiro atoms. The summed E-state index contributed by atoms with van der Waals surface area (Å²) in [5.41, 5.74) is 0.789. The lowest BCUT2D eigenvalue weighted by atomic mass is 10.3. The highest BCUT2D eigenvalue weighted by atomic mass is 32.2. The first-order chi connectivity index (χ1) is 13.8. The van der Waals surface area contributed by atoms with Gasteiger partial charge in [0, 0.05) is 19.2 Å². The van der Waals surface area contributed by atoms with Gasteiger partial charge in [0.2, 0.25) is 10.0 Å². The van der Waals surface area contributed by atoms with Gasteiger partial charge in [0.25, 0.3) is 5.91 Å². The Hall–Kier alpha value is -2.34. The highest BCUT2D eigenvalue weighted by Gasteiger charge is 2.27. The van der Waals surface area contributed by atoms with Gasteiger partial charge < -0.3 is 9.42 Å². The van der Waals surface area contributed by atoms with E-state index in [4.69, 9.17) is 4.52 Å². The maximum absolute atomic E-state index is 12.7. The van der Waals surface area contributed by atoms with E-state index in [0.717, 1.165) is 12.8 Å².